The fourth-order valence-corrected chi connectivity index (χ4v) is 5.91. The molecule has 2 amide bonds. The molecular formula is C39H41N3O4. The fourth-order valence-electron chi connectivity index (χ4n) is 5.91. The zero-order valence-electron chi connectivity index (χ0n) is 26.3. The van der Waals surface area contributed by atoms with Crippen molar-refractivity contribution in [2.75, 3.05) is 18.9 Å². The van der Waals surface area contributed by atoms with Gasteiger partial charge in [-0.2, -0.15) is 0 Å². The van der Waals surface area contributed by atoms with E-state index in [1.54, 1.807) is 0 Å². The van der Waals surface area contributed by atoms with E-state index in [9.17, 15) is 9.90 Å². The summed E-state index contributed by atoms with van der Waals surface area (Å²) >= 11 is 0. The molecule has 7 heteroatoms. The van der Waals surface area contributed by atoms with Crippen LogP contribution in [0.4, 0.5) is 10.5 Å². The monoisotopic (exact) mass is 615 g/mol. The van der Waals surface area contributed by atoms with Gasteiger partial charge in [-0.3, -0.25) is 4.90 Å². The highest BCUT2D eigenvalue weighted by molar-refractivity contribution is 5.89. The third-order valence-corrected chi connectivity index (χ3v) is 8.76. The number of benzene rings is 5. The molecule has 3 N–H and O–H groups in total. The first-order valence-corrected chi connectivity index (χ1v) is 15.8. The summed E-state index contributed by atoms with van der Waals surface area (Å²) in [5.74, 6) is 0. The number of urea groups is 1. The van der Waals surface area contributed by atoms with Crippen molar-refractivity contribution in [2.24, 2.45) is 0 Å². The zero-order chi connectivity index (χ0) is 31.9. The van der Waals surface area contributed by atoms with E-state index in [-0.39, 0.29) is 30.9 Å². The number of amides is 2. The van der Waals surface area contributed by atoms with Gasteiger partial charge in [0.2, 0.25) is 0 Å². The van der Waals surface area contributed by atoms with Gasteiger partial charge in [0.05, 0.1) is 18.8 Å². The summed E-state index contributed by atoms with van der Waals surface area (Å²) in [6.07, 6.45) is -0.143. The Morgan fingerprint density at radius 2 is 1.52 bits per heavy atom. The standard InChI is InChI=1S/C39H41N3O4/c1-27(33-17-16-30-10-6-7-11-34(30)22-33)42(2)25-36-23-37(31-14-12-29(26-43)13-15-31)46-38(45-36)32-18-20-35(21-19-32)41-39(44)40-24-28-8-4-3-5-9-28/h3-22,27,36-38,43H,23-26H2,1-2H3,(H2,40,41,44)/t27-,36-,37+,38+/m1/s1. The van der Waals surface area contributed by atoms with Crippen molar-refractivity contribution in [2.45, 2.75) is 51.0 Å². The summed E-state index contributed by atoms with van der Waals surface area (Å²) in [7, 11) is 2.14. The van der Waals surface area contributed by atoms with Crippen LogP contribution in [0.3, 0.4) is 0 Å². The Labute approximate surface area is 270 Å². The van der Waals surface area contributed by atoms with Gasteiger partial charge in [-0.15, -0.1) is 0 Å². The molecule has 1 heterocycles. The maximum atomic E-state index is 12.5. The number of anilines is 1. The highest BCUT2D eigenvalue weighted by Gasteiger charge is 2.33. The SMILES string of the molecule is C[C@H](c1ccc2ccccc2c1)N(C)C[C@H]1C[C@@H](c2ccc(CO)cc2)O[C@@H](c2ccc(NC(=O)NCc3ccccc3)cc2)O1. The molecule has 0 saturated carbocycles. The second kappa shape index (κ2) is 14.7. The van der Waals surface area contributed by atoms with E-state index in [1.165, 1.54) is 16.3 Å². The molecule has 1 aliphatic heterocycles. The number of carbonyl (C=O) groups excluding carboxylic acids is 1. The van der Waals surface area contributed by atoms with Crippen LogP contribution in [0.2, 0.25) is 0 Å². The molecule has 0 spiro atoms. The third kappa shape index (κ3) is 7.81. The smallest absolute Gasteiger partial charge is 0.319 e. The molecule has 5 aromatic rings. The summed E-state index contributed by atoms with van der Waals surface area (Å²) in [5.41, 5.74) is 5.77. The predicted molar refractivity (Wildman–Crippen MR) is 182 cm³/mol. The van der Waals surface area contributed by atoms with Crippen molar-refractivity contribution >= 4 is 22.5 Å². The van der Waals surface area contributed by atoms with E-state index in [0.29, 0.717) is 18.7 Å². The number of aliphatic hydroxyl groups is 1. The minimum Gasteiger partial charge on any atom is -0.392 e. The number of hydrogen-bond acceptors (Lipinski definition) is 5. The normalized spacial score (nSPS) is 18.7. The predicted octanol–water partition coefficient (Wildman–Crippen LogP) is 7.89. The van der Waals surface area contributed by atoms with Crippen molar-refractivity contribution < 1.29 is 19.4 Å². The highest BCUT2D eigenvalue weighted by Crippen LogP contribution is 2.39. The highest BCUT2D eigenvalue weighted by atomic mass is 16.7. The lowest BCUT2D eigenvalue weighted by atomic mass is 9.98. The molecule has 46 heavy (non-hydrogen) atoms. The van der Waals surface area contributed by atoms with Crippen LogP contribution in [0, 0.1) is 0 Å². The van der Waals surface area contributed by atoms with Gasteiger partial charge < -0.3 is 25.2 Å². The first-order chi connectivity index (χ1) is 22.4. The molecule has 0 aliphatic carbocycles. The Hall–Kier alpha value is -4.53. The molecule has 4 atom stereocenters. The van der Waals surface area contributed by atoms with E-state index in [1.807, 2.05) is 78.9 Å². The molecular weight excluding hydrogens is 574 g/mol. The average molecular weight is 616 g/mol. The van der Waals surface area contributed by atoms with Crippen molar-refractivity contribution in [1.82, 2.24) is 10.2 Å². The molecule has 0 unspecified atom stereocenters. The van der Waals surface area contributed by atoms with Crippen LogP contribution >= 0.6 is 0 Å². The van der Waals surface area contributed by atoms with Crippen molar-refractivity contribution in [3.8, 4) is 0 Å². The van der Waals surface area contributed by atoms with Gasteiger partial charge >= 0.3 is 6.03 Å². The zero-order valence-corrected chi connectivity index (χ0v) is 26.3. The number of nitrogens with zero attached hydrogens (tertiary/aromatic N) is 1. The van der Waals surface area contributed by atoms with E-state index in [4.69, 9.17) is 9.47 Å². The number of carbonyl (C=O) groups is 1. The van der Waals surface area contributed by atoms with Crippen molar-refractivity contribution in [3.05, 3.63) is 149 Å². The minimum absolute atomic E-state index is 0.00226. The number of nitrogens with one attached hydrogen (secondary N) is 2. The largest absolute Gasteiger partial charge is 0.392 e. The lowest BCUT2D eigenvalue weighted by Crippen LogP contribution is -2.38. The number of aliphatic hydroxyl groups excluding tert-OH is 1. The van der Waals surface area contributed by atoms with Gasteiger partial charge in [0.1, 0.15) is 0 Å². The van der Waals surface area contributed by atoms with Crippen LogP contribution in [0.15, 0.2) is 121 Å². The van der Waals surface area contributed by atoms with Gasteiger partial charge in [-0.25, -0.2) is 4.79 Å². The van der Waals surface area contributed by atoms with E-state index in [2.05, 4.69) is 72.0 Å². The van der Waals surface area contributed by atoms with E-state index in [0.717, 1.165) is 28.8 Å². The quantitative estimate of drug-likeness (QED) is 0.149. The Kier molecular flexibility index (Phi) is 10.1. The molecule has 1 saturated heterocycles. The van der Waals surface area contributed by atoms with Crippen molar-refractivity contribution in [1.29, 1.82) is 0 Å². The van der Waals surface area contributed by atoms with Gasteiger partial charge in [0.25, 0.3) is 0 Å². The summed E-state index contributed by atoms with van der Waals surface area (Å²) in [4.78, 5) is 14.8. The molecule has 0 aromatic heterocycles. The molecule has 1 fully saturated rings. The lowest BCUT2D eigenvalue weighted by Gasteiger charge is -2.39. The molecule has 0 bridgehead atoms. The topological polar surface area (TPSA) is 83.1 Å². The number of ether oxygens (including phenoxy) is 2. The molecule has 6 rings (SSSR count). The van der Waals surface area contributed by atoms with Crippen LogP contribution < -0.4 is 10.6 Å². The van der Waals surface area contributed by atoms with Crippen LogP contribution in [0.5, 0.6) is 0 Å². The second-order valence-electron chi connectivity index (χ2n) is 12.0. The van der Waals surface area contributed by atoms with Gasteiger partial charge in [0.15, 0.2) is 6.29 Å². The first-order valence-electron chi connectivity index (χ1n) is 15.8. The summed E-state index contributed by atoms with van der Waals surface area (Å²) in [6, 6.07) is 40.4. The number of likely N-dealkylation sites (N-methyl/N-ethyl adjacent to an activating group) is 1. The van der Waals surface area contributed by atoms with Gasteiger partial charge in [0, 0.05) is 36.8 Å². The lowest BCUT2D eigenvalue weighted by molar-refractivity contribution is -0.253. The molecule has 236 valence electrons. The summed E-state index contributed by atoms with van der Waals surface area (Å²) in [5, 5.41) is 17.8. The Morgan fingerprint density at radius 3 is 2.26 bits per heavy atom. The van der Waals surface area contributed by atoms with Crippen LogP contribution in [0.1, 0.15) is 59.6 Å². The maximum absolute atomic E-state index is 12.5. The Morgan fingerprint density at radius 1 is 0.826 bits per heavy atom. The molecule has 5 aromatic carbocycles. The van der Waals surface area contributed by atoms with Crippen LogP contribution in [0.25, 0.3) is 10.8 Å². The second-order valence-corrected chi connectivity index (χ2v) is 12.0. The Bertz CT molecular complexity index is 1730. The Balaban J connectivity index is 1.15. The molecule has 1 aliphatic rings. The minimum atomic E-state index is -0.577. The van der Waals surface area contributed by atoms with Gasteiger partial charge in [-0.05, 0) is 65.2 Å². The third-order valence-electron chi connectivity index (χ3n) is 8.76. The molecule has 7 nitrogen and oxygen atoms in total. The van der Waals surface area contributed by atoms with E-state index >= 15 is 0 Å². The van der Waals surface area contributed by atoms with Crippen LogP contribution in [-0.2, 0) is 22.6 Å². The van der Waals surface area contributed by atoms with E-state index < -0.39 is 6.29 Å². The fraction of sp³-hybridized carbons (Fsp3) is 0.256. The van der Waals surface area contributed by atoms with Crippen molar-refractivity contribution in [3.63, 3.8) is 0 Å². The summed E-state index contributed by atoms with van der Waals surface area (Å²) < 4.78 is 13.1. The summed E-state index contributed by atoms with van der Waals surface area (Å²) in [6.45, 7) is 3.40. The number of rotatable bonds is 10. The van der Waals surface area contributed by atoms with Gasteiger partial charge in [-0.1, -0.05) is 103 Å². The number of hydrogen-bond donors (Lipinski definition) is 3. The maximum Gasteiger partial charge on any atom is 0.319 e. The molecule has 0 radical (unpaired) electrons. The number of fused-ring (bicyclic) bond motifs is 1. The van der Waals surface area contributed by atoms with Crippen LogP contribution in [-0.4, -0.2) is 35.7 Å². The first kappa shape index (κ1) is 31.5. The average Bonchev–Trinajstić information content (AvgIpc) is 3.11.